The lowest BCUT2D eigenvalue weighted by Crippen LogP contribution is -2.27. The number of para-hydroxylation sites is 1. The largest absolute Gasteiger partial charge is 0.489 e. The van der Waals surface area contributed by atoms with Crippen LogP contribution in [-0.4, -0.2) is 19.2 Å². The van der Waals surface area contributed by atoms with Crippen molar-refractivity contribution in [3.63, 3.8) is 0 Å². The zero-order valence-corrected chi connectivity index (χ0v) is 11.1. The van der Waals surface area contributed by atoms with E-state index in [1.54, 1.807) is 0 Å². The first kappa shape index (κ1) is 12.1. The van der Waals surface area contributed by atoms with Crippen LogP contribution in [0.1, 0.15) is 27.7 Å². The Bertz CT molecular complexity index is 399. The molecule has 0 aliphatic carbocycles. The molecule has 3 heteroatoms. The van der Waals surface area contributed by atoms with E-state index in [4.69, 9.17) is 4.74 Å². The van der Waals surface area contributed by atoms with Gasteiger partial charge in [-0.05, 0) is 31.4 Å². The quantitative estimate of drug-likeness (QED) is 0.823. The van der Waals surface area contributed by atoms with Gasteiger partial charge in [0.05, 0.1) is 11.8 Å². The molecule has 94 valence electrons. The van der Waals surface area contributed by atoms with E-state index in [1.807, 2.05) is 26.0 Å². The molecule has 0 saturated carbocycles. The summed E-state index contributed by atoms with van der Waals surface area (Å²) in [6, 6.07) is 6.15. The monoisotopic (exact) mass is 234 g/mol. The smallest absolute Gasteiger partial charge is 0.144 e. The summed E-state index contributed by atoms with van der Waals surface area (Å²) in [6.07, 6.45) is 0.194. The van der Waals surface area contributed by atoms with Crippen LogP contribution in [-0.2, 0) is 0 Å². The molecule has 3 nitrogen and oxygen atoms in total. The lowest BCUT2D eigenvalue weighted by Gasteiger charge is -2.22. The summed E-state index contributed by atoms with van der Waals surface area (Å²) in [4.78, 5) is 0. The van der Waals surface area contributed by atoms with Gasteiger partial charge in [-0.2, -0.15) is 0 Å². The second kappa shape index (κ2) is 4.47. The molecule has 1 aromatic carbocycles. The molecular weight excluding hydrogens is 212 g/mol. The molecule has 2 N–H and O–H groups in total. The highest BCUT2D eigenvalue weighted by atomic mass is 16.5. The zero-order valence-electron chi connectivity index (χ0n) is 11.1. The van der Waals surface area contributed by atoms with E-state index in [9.17, 15) is 0 Å². The number of hydrogen-bond acceptors (Lipinski definition) is 3. The van der Waals surface area contributed by atoms with Crippen molar-refractivity contribution in [2.24, 2.45) is 5.41 Å². The molecule has 0 atom stereocenters. The van der Waals surface area contributed by atoms with E-state index in [1.165, 1.54) is 0 Å². The van der Waals surface area contributed by atoms with Crippen molar-refractivity contribution in [3.8, 4) is 5.75 Å². The third-order valence-corrected chi connectivity index (χ3v) is 2.89. The number of fused-ring (bicyclic) bond motifs is 1. The maximum Gasteiger partial charge on any atom is 0.144 e. The Labute approximate surface area is 104 Å². The van der Waals surface area contributed by atoms with Gasteiger partial charge in [0.15, 0.2) is 0 Å². The number of rotatable bonds is 2. The predicted molar refractivity (Wildman–Crippen MR) is 73.0 cm³/mol. The number of hydrogen-bond donors (Lipinski definition) is 2. The van der Waals surface area contributed by atoms with Crippen LogP contribution in [0.5, 0.6) is 5.75 Å². The summed E-state index contributed by atoms with van der Waals surface area (Å²) in [6.45, 7) is 10.5. The molecule has 1 heterocycles. The van der Waals surface area contributed by atoms with Crippen molar-refractivity contribution in [1.82, 2.24) is 0 Å². The second-order valence-corrected chi connectivity index (χ2v) is 5.72. The molecule has 0 spiro atoms. The highest BCUT2D eigenvalue weighted by Gasteiger charge is 2.23. The number of nitrogens with one attached hydrogen (secondary N) is 2. The van der Waals surface area contributed by atoms with Gasteiger partial charge >= 0.3 is 0 Å². The van der Waals surface area contributed by atoms with Crippen LogP contribution < -0.4 is 15.4 Å². The Morgan fingerprint density at radius 3 is 2.59 bits per heavy atom. The van der Waals surface area contributed by atoms with Gasteiger partial charge in [0, 0.05) is 13.1 Å². The maximum absolute atomic E-state index is 5.83. The number of benzene rings is 1. The fourth-order valence-electron chi connectivity index (χ4n) is 1.94. The predicted octanol–water partition coefficient (Wildman–Crippen LogP) is 3.34. The van der Waals surface area contributed by atoms with Crippen LogP contribution in [0.15, 0.2) is 18.2 Å². The van der Waals surface area contributed by atoms with Crippen LogP contribution >= 0.6 is 0 Å². The van der Waals surface area contributed by atoms with Gasteiger partial charge in [-0.25, -0.2) is 0 Å². The third-order valence-electron chi connectivity index (χ3n) is 2.89. The minimum absolute atomic E-state index is 0.194. The van der Waals surface area contributed by atoms with Gasteiger partial charge in [-0.15, -0.1) is 0 Å². The third kappa shape index (κ3) is 2.84. The van der Waals surface area contributed by atoms with Crippen LogP contribution in [0.4, 0.5) is 11.4 Å². The SMILES string of the molecule is CC(C)Oc1cccc2c1NCC(C)(C)CN2. The van der Waals surface area contributed by atoms with Crippen LogP contribution in [0.25, 0.3) is 0 Å². The Morgan fingerprint density at radius 1 is 1.18 bits per heavy atom. The molecular formula is C14H22N2O. The Kier molecular flexibility index (Phi) is 3.18. The van der Waals surface area contributed by atoms with Gasteiger partial charge in [-0.3, -0.25) is 0 Å². The molecule has 0 bridgehead atoms. The molecule has 0 unspecified atom stereocenters. The minimum Gasteiger partial charge on any atom is -0.489 e. The average Bonchev–Trinajstić information content (AvgIpc) is 2.38. The van der Waals surface area contributed by atoms with E-state index in [0.29, 0.717) is 0 Å². The summed E-state index contributed by atoms with van der Waals surface area (Å²) >= 11 is 0. The average molecular weight is 234 g/mol. The topological polar surface area (TPSA) is 33.3 Å². The molecule has 0 saturated heterocycles. The lowest BCUT2D eigenvalue weighted by molar-refractivity contribution is 0.243. The highest BCUT2D eigenvalue weighted by Crippen LogP contribution is 2.36. The molecule has 0 radical (unpaired) electrons. The number of ether oxygens (including phenoxy) is 1. The van der Waals surface area contributed by atoms with E-state index in [2.05, 4.69) is 30.5 Å². The fourth-order valence-corrected chi connectivity index (χ4v) is 1.94. The summed E-state index contributed by atoms with van der Waals surface area (Å²) in [7, 11) is 0. The van der Waals surface area contributed by atoms with Crippen LogP contribution in [0, 0.1) is 5.41 Å². The Hall–Kier alpha value is -1.38. The van der Waals surface area contributed by atoms with Gasteiger partial charge in [0.25, 0.3) is 0 Å². The fraction of sp³-hybridized carbons (Fsp3) is 0.571. The summed E-state index contributed by atoms with van der Waals surface area (Å²) in [5, 5.41) is 6.99. The molecule has 2 rings (SSSR count). The van der Waals surface area contributed by atoms with Crippen LogP contribution in [0.2, 0.25) is 0 Å². The van der Waals surface area contributed by atoms with Gasteiger partial charge in [0.2, 0.25) is 0 Å². The zero-order chi connectivity index (χ0) is 12.5. The van der Waals surface area contributed by atoms with E-state index in [-0.39, 0.29) is 11.5 Å². The molecule has 1 aromatic rings. The van der Waals surface area contributed by atoms with E-state index < -0.39 is 0 Å². The molecule has 0 amide bonds. The first-order chi connectivity index (χ1) is 7.98. The first-order valence-corrected chi connectivity index (χ1v) is 6.25. The van der Waals surface area contributed by atoms with Crippen molar-refractivity contribution in [2.45, 2.75) is 33.8 Å². The molecule has 1 aliphatic heterocycles. The van der Waals surface area contributed by atoms with E-state index in [0.717, 1.165) is 30.2 Å². The van der Waals surface area contributed by atoms with Crippen molar-refractivity contribution >= 4 is 11.4 Å². The van der Waals surface area contributed by atoms with Gasteiger partial charge in [-0.1, -0.05) is 19.9 Å². The van der Waals surface area contributed by atoms with Crippen LogP contribution in [0.3, 0.4) is 0 Å². The maximum atomic E-state index is 5.83. The van der Waals surface area contributed by atoms with Gasteiger partial charge in [0.1, 0.15) is 11.4 Å². The van der Waals surface area contributed by atoms with Crippen molar-refractivity contribution < 1.29 is 4.74 Å². The molecule has 1 aliphatic rings. The molecule has 0 fully saturated rings. The summed E-state index contributed by atoms with van der Waals surface area (Å²) < 4.78 is 5.83. The Balaban J connectivity index is 2.29. The first-order valence-electron chi connectivity index (χ1n) is 6.25. The van der Waals surface area contributed by atoms with Crippen molar-refractivity contribution in [3.05, 3.63) is 18.2 Å². The molecule has 0 aromatic heterocycles. The highest BCUT2D eigenvalue weighted by molar-refractivity contribution is 5.76. The second-order valence-electron chi connectivity index (χ2n) is 5.72. The standard InChI is InChI=1S/C14H22N2O/c1-10(2)17-12-7-5-6-11-13(12)16-9-14(3,4)8-15-11/h5-7,10,15-16H,8-9H2,1-4H3. The molecule has 17 heavy (non-hydrogen) atoms. The van der Waals surface area contributed by atoms with E-state index >= 15 is 0 Å². The Morgan fingerprint density at radius 2 is 1.88 bits per heavy atom. The van der Waals surface area contributed by atoms with Crippen molar-refractivity contribution in [2.75, 3.05) is 23.7 Å². The minimum atomic E-state index is 0.194. The van der Waals surface area contributed by atoms with Gasteiger partial charge < -0.3 is 15.4 Å². The summed E-state index contributed by atoms with van der Waals surface area (Å²) in [5.74, 6) is 0.933. The lowest BCUT2D eigenvalue weighted by atomic mass is 9.94. The summed E-state index contributed by atoms with van der Waals surface area (Å²) in [5.41, 5.74) is 2.47. The number of anilines is 2. The van der Waals surface area contributed by atoms with Crippen molar-refractivity contribution in [1.29, 1.82) is 0 Å². The normalized spacial score (nSPS) is 17.7.